The first-order valence-corrected chi connectivity index (χ1v) is 6.62. The lowest BCUT2D eigenvalue weighted by molar-refractivity contribution is -0.147. The average molecular weight is 318 g/mol. The standard InChI is InChI=1S/C16H11FO6/c1-8-6-12-13(22-16(21-12)23-15(19)20)7-11(8)14(18)9-2-4-10(17)5-3-9/h2-7,16H,1H3,(H,19,20). The SMILES string of the molecule is Cc1cc2c(cc1C(=O)c1ccc(F)cc1)OC(OC(=O)O)O2. The molecule has 0 bridgehead atoms. The summed E-state index contributed by atoms with van der Waals surface area (Å²) in [5.74, 6) is -0.258. The summed E-state index contributed by atoms with van der Waals surface area (Å²) in [6.45, 7) is 0.296. The second-order valence-corrected chi connectivity index (χ2v) is 4.86. The molecule has 1 heterocycles. The van der Waals surface area contributed by atoms with E-state index in [-0.39, 0.29) is 17.3 Å². The number of hydrogen-bond donors (Lipinski definition) is 1. The van der Waals surface area contributed by atoms with Crippen molar-refractivity contribution in [2.24, 2.45) is 0 Å². The largest absolute Gasteiger partial charge is 0.511 e. The van der Waals surface area contributed by atoms with Gasteiger partial charge in [-0.05, 0) is 48.9 Å². The number of ketones is 1. The van der Waals surface area contributed by atoms with Gasteiger partial charge in [0.2, 0.25) is 0 Å². The third kappa shape index (κ3) is 2.94. The van der Waals surface area contributed by atoms with Crippen molar-refractivity contribution in [3.8, 4) is 11.5 Å². The zero-order chi connectivity index (χ0) is 16.6. The number of carbonyl (C=O) groups excluding carboxylic acids is 1. The highest BCUT2D eigenvalue weighted by Crippen LogP contribution is 2.38. The minimum atomic E-state index is -1.54. The molecular formula is C16H11FO6. The van der Waals surface area contributed by atoms with E-state index < -0.39 is 18.4 Å². The first kappa shape index (κ1) is 14.8. The molecule has 0 fully saturated rings. The Morgan fingerprint density at radius 2 is 1.74 bits per heavy atom. The Morgan fingerprint density at radius 3 is 2.35 bits per heavy atom. The molecule has 0 aliphatic carbocycles. The zero-order valence-corrected chi connectivity index (χ0v) is 11.9. The second-order valence-electron chi connectivity index (χ2n) is 4.86. The Labute approximate surface area is 130 Å². The van der Waals surface area contributed by atoms with Crippen LogP contribution in [0.5, 0.6) is 11.5 Å². The number of fused-ring (bicyclic) bond motifs is 1. The highest BCUT2D eigenvalue weighted by atomic mass is 19.1. The molecule has 6 nitrogen and oxygen atoms in total. The number of halogens is 1. The van der Waals surface area contributed by atoms with Crippen LogP contribution >= 0.6 is 0 Å². The van der Waals surface area contributed by atoms with E-state index in [2.05, 4.69) is 4.74 Å². The number of aryl methyl sites for hydroxylation is 1. The van der Waals surface area contributed by atoms with Gasteiger partial charge in [-0.15, -0.1) is 0 Å². The Hall–Kier alpha value is -3.09. The van der Waals surface area contributed by atoms with Crippen LogP contribution in [0.1, 0.15) is 21.5 Å². The highest BCUT2D eigenvalue weighted by Gasteiger charge is 2.29. The number of benzene rings is 2. The van der Waals surface area contributed by atoms with Crippen LogP contribution in [0.4, 0.5) is 9.18 Å². The molecule has 2 aromatic rings. The van der Waals surface area contributed by atoms with Crippen LogP contribution in [-0.4, -0.2) is 23.5 Å². The molecule has 0 radical (unpaired) electrons. The van der Waals surface area contributed by atoms with Crippen LogP contribution in [-0.2, 0) is 4.74 Å². The summed E-state index contributed by atoms with van der Waals surface area (Å²) in [6.07, 6.45) is -1.54. The molecule has 1 N–H and O–H groups in total. The molecule has 2 aromatic carbocycles. The number of hydrogen-bond acceptors (Lipinski definition) is 5. The number of rotatable bonds is 3. The topological polar surface area (TPSA) is 82.1 Å². The Kier molecular flexibility index (Phi) is 3.61. The summed E-state index contributed by atoms with van der Waals surface area (Å²) >= 11 is 0. The third-order valence-corrected chi connectivity index (χ3v) is 3.29. The maximum absolute atomic E-state index is 12.9. The first-order valence-electron chi connectivity index (χ1n) is 6.62. The summed E-state index contributed by atoms with van der Waals surface area (Å²) in [6, 6.07) is 8.17. The van der Waals surface area contributed by atoms with E-state index >= 15 is 0 Å². The van der Waals surface area contributed by atoms with Crippen LogP contribution in [0.15, 0.2) is 36.4 Å². The Balaban J connectivity index is 1.89. The van der Waals surface area contributed by atoms with E-state index in [1.165, 1.54) is 30.3 Å². The van der Waals surface area contributed by atoms with Crippen molar-refractivity contribution in [1.29, 1.82) is 0 Å². The lowest BCUT2D eigenvalue weighted by atomic mass is 9.98. The second kappa shape index (κ2) is 5.60. The van der Waals surface area contributed by atoms with E-state index in [1.54, 1.807) is 13.0 Å². The molecule has 1 atom stereocenters. The molecule has 0 amide bonds. The fraction of sp³-hybridized carbons (Fsp3) is 0.125. The molecule has 23 heavy (non-hydrogen) atoms. The first-order chi connectivity index (χ1) is 10.9. The van der Waals surface area contributed by atoms with Gasteiger partial charge in [0.25, 0.3) is 0 Å². The molecule has 0 saturated heterocycles. The van der Waals surface area contributed by atoms with Gasteiger partial charge in [0.1, 0.15) is 5.82 Å². The molecule has 118 valence electrons. The molecule has 1 aliphatic heterocycles. The number of carboxylic acid groups (broad SMARTS) is 1. The smallest absolute Gasteiger partial charge is 0.450 e. The summed E-state index contributed by atoms with van der Waals surface area (Å²) in [5.41, 5.74) is 1.28. The van der Waals surface area contributed by atoms with Gasteiger partial charge in [-0.2, -0.15) is 0 Å². The van der Waals surface area contributed by atoms with Gasteiger partial charge in [-0.3, -0.25) is 4.79 Å². The lowest BCUT2D eigenvalue weighted by Gasteiger charge is -2.07. The van der Waals surface area contributed by atoms with E-state index in [0.717, 1.165) is 0 Å². The molecular weight excluding hydrogens is 307 g/mol. The van der Waals surface area contributed by atoms with Crippen LogP contribution in [0.2, 0.25) is 0 Å². The Bertz CT molecular complexity index is 784. The van der Waals surface area contributed by atoms with Crippen molar-refractivity contribution in [2.45, 2.75) is 13.4 Å². The van der Waals surface area contributed by atoms with Crippen molar-refractivity contribution in [3.05, 3.63) is 58.9 Å². The quantitative estimate of drug-likeness (QED) is 0.691. The zero-order valence-electron chi connectivity index (χ0n) is 11.9. The fourth-order valence-electron chi connectivity index (χ4n) is 2.21. The maximum Gasteiger partial charge on any atom is 0.511 e. The van der Waals surface area contributed by atoms with E-state index in [4.69, 9.17) is 14.6 Å². The van der Waals surface area contributed by atoms with Gasteiger partial charge in [-0.25, -0.2) is 9.18 Å². The monoisotopic (exact) mass is 318 g/mol. The van der Waals surface area contributed by atoms with Crippen LogP contribution in [0.25, 0.3) is 0 Å². The predicted octanol–water partition coefficient (Wildman–Crippen LogP) is 3.11. The molecule has 3 rings (SSSR count). The molecule has 1 aliphatic rings. The van der Waals surface area contributed by atoms with Gasteiger partial charge < -0.3 is 19.3 Å². The van der Waals surface area contributed by atoms with Crippen LogP contribution in [0, 0.1) is 12.7 Å². The minimum absolute atomic E-state index is 0.201. The van der Waals surface area contributed by atoms with Crippen LogP contribution in [0.3, 0.4) is 0 Å². The highest BCUT2D eigenvalue weighted by molar-refractivity contribution is 6.10. The molecule has 0 aromatic heterocycles. The average Bonchev–Trinajstić information content (AvgIpc) is 2.86. The van der Waals surface area contributed by atoms with Crippen molar-refractivity contribution in [1.82, 2.24) is 0 Å². The molecule has 1 unspecified atom stereocenters. The van der Waals surface area contributed by atoms with Crippen molar-refractivity contribution >= 4 is 11.9 Å². The summed E-state index contributed by atoms with van der Waals surface area (Å²) in [7, 11) is 0. The Morgan fingerprint density at radius 1 is 1.13 bits per heavy atom. The van der Waals surface area contributed by atoms with Gasteiger partial charge in [0.15, 0.2) is 17.3 Å². The van der Waals surface area contributed by atoms with Gasteiger partial charge in [0, 0.05) is 11.1 Å². The number of ether oxygens (including phenoxy) is 3. The van der Waals surface area contributed by atoms with Gasteiger partial charge >= 0.3 is 12.6 Å². The van der Waals surface area contributed by atoms with Crippen molar-refractivity contribution in [2.75, 3.05) is 0 Å². The summed E-state index contributed by atoms with van der Waals surface area (Å²) in [4.78, 5) is 23.0. The summed E-state index contributed by atoms with van der Waals surface area (Å²) in [5, 5.41) is 8.55. The summed E-state index contributed by atoms with van der Waals surface area (Å²) < 4.78 is 27.7. The van der Waals surface area contributed by atoms with Crippen LogP contribution < -0.4 is 9.47 Å². The normalized spacial score (nSPS) is 15.3. The van der Waals surface area contributed by atoms with Crippen molar-refractivity contribution in [3.63, 3.8) is 0 Å². The molecule has 0 saturated carbocycles. The molecule has 0 spiro atoms. The predicted molar refractivity (Wildman–Crippen MR) is 75.2 cm³/mol. The van der Waals surface area contributed by atoms with E-state index in [9.17, 15) is 14.0 Å². The fourth-order valence-corrected chi connectivity index (χ4v) is 2.21. The minimum Gasteiger partial charge on any atom is -0.450 e. The molecule has 7 heteroatoms. The third-order valence-electron chi connectivity index (χ3n) is 3.29. The van der Waals surface area contributed by atoms with Gasteiger partial charge in [-0.1, -0.05) is 0 Å². The van der Waals surface area contributed by atoms with Crippen molar-refractivity contribution < 1.29 is 33.3 Å². The maximum atomic E-state index is 12.9. The van der Waals surface area contributed by atoms with E-state index in [1.807, 2.05) is 0 Å². The van der Waals surface area contributed by atoms with Gasteiger partial charge in [0.05, 0.1) is 0 Å². The van der Waals surface area contributed by atoms with E-state index in [0.29, 0.717) is 16.7 Å². The number of carbonyl (C=O) groups is 2. The lowest BCUT2D eigenvalue weighted by Crippen LogP contribution is -2.24.